The minimum atomic E-state index is -0.267. The van der Waals surface area contributed by atoms with Gasteiger partial charge >= 0.3 is 0 Å². The minimum absolute atomic E-state index is 0.267. The molecule has 0 heterocycles. The van der Waals surface area contributed by atoms with Gasteiger partial charge in [0.15, 0.2) is 0 Å². The van der Waals surface area contributed by atoms with Gasteiger partial charge in [-0.3, -0.25) is 0 Å². The molecule has 0 radical (unpaired) electrons. The average molecular weight is 116 g/mol. The highest BCUT2D eigenvalue weighted by Crippen LogP contribution is 1.92. The lowest BCUT2D eigenvalue weighted by Gasteiger charge is -2.27. The quantitative estimate of drug-likeness (QED) is 0.319. The largest absolute Gasteiger partial charge is 0.418 e. The van der Waals surface area contributed by atoms with Crippen molar-refractivity contribution in [3.05, 3.63) is 5.84 Å². The van der Waals surface area contributed by atoms with Gasteiger partial charge in [-0.25, -0.2) is 0 Å². The highest BCUT2D eigenvalue weighted by Gasteiger charge is 1.97. The van der Waals surface area contributed by atoms with Crippen molar-refractivity contribution >= 4 is 6.21 Å². The van der Waals surface area contributed by atoms with E-state index in [2.05, 4.69) is 10.5 Å². The number of quaternary nitrogens is 1. The number of rotatable bonds is 2. The topological polar surface area (TPSA) is 48.2 Å². The Morgan fingerprint density at radius 2 is 2.25 bits per heavy atom. The first-order chi connectivity index (χ1) is 3.62. The summed E-state index contributed by atoms with van der Waals surface area (Å²) in [6.07, 6.45) is 1.59. The van der Waals surface area contributed by atoms with Crippen LogP contribution < -0.4 is 5.43 Å². The lowest BCUT2D eigenvalue weighted by molar-refractivity contribution is -0.910. The molecular formula is C4H12N4. The highest BCUT2D eigenvalue weighted by molar-refractivity contribution is 5.52. The Balaban J connectivity index is 3.71. The van der Waals surface area contributed by atoms with Crippen molar-refractivity contribution in [1.29, 1.82) is 0 Å². The second kappa shape index (κ2) is 2.76. The summed E-state index contributed by atoms with van der Waals surface area (Å²) >= 11 is 0. The van der Waals surface area contributed by atoms with Crippen LogP contribution in [0.15, 0.2) is 5.10 Å². The molecule has 0 amide bonds. The summed E-state index contributed by atoms with van der Waals surface area (Å²) in [7, 11) is 3.31. The first-order valence-corrected chi connectivity index (χ1v) is 2.43. The summed E-state index contributed by atoms with van der Waals surface area (Å²) < 4.78 is 0. The van der Waals surface area contributed by atoms with Crippen LogP contribution in [-0.2, 0) is 0 Å². The zero-order valence-corrected chi connectivity index (χ0v) is 5.47. The average Bonchev–Trinajstić information content (AvgIpc) is 1.67. The maximum atomic E-state index is 7.20. The van der Waals surface area contributed by atoms with Crippen LogP contribution in [0, 0.1) is 0 Å². The van der Waals surface area contributed by atoms with E-state index in [1.165, 1.54) is 0 Å². The van der Waals surface area contributed by atoms with Gasteiger partial charge in [-0.1, -0.05) is 5.10 Å². The monoisotopic (exact) mass is 116 g/mol. The van der Waals surface area contributed by atoms with Gasteiger partial charge in [-0.2, -0.15) is 10.2 Å². The van der Waals surface area contributed by atoms with Crippen LogP contribution in [0.2, 0.25) is 0 Å². The third-order valence-corrected chi connectivity index (χ3v) is 0.782. The molecule has 0 aromatic carbocycles. The van der Waals surface area contributed by atoms with Crippen LogP contribution in [0.25, 0.3) is 5.84 Å². The van der Waals surface area contributed by atoms with Crippen molar-refractivity contribution in [1.82, 2.24) is 5.43 Å². The van der Waals surface area contributed by atoms with Crippen molar-refractivity contribution in [2.75, 3.05) is 14.1 Å². The van der Waals surface area contributed by atoms with Crippen molar-refractivity contribution < 1.29 is 4.81 Å². The second-order valence-corrected chi connectivity index (χ2v) is 1.56. The Kier molecular flexibility index (Phi) is 2.60. The number of nitrogens with zero attached hydrogens (tertiary/aromatic N) is 2. The van der Waals surface area contributed by atoms with Crippen molar-refractivity contribution in [2.45, 2.75) is 6.92 Å². The molecule has 0 bridgehead atoms. The smallest absolute Gasteiger partial charge is 0.101 e. The van der Waals surface area contributed by atoms with E-state index >= 15 is 0 Å². The van der Waals surface area contributed by atoms with Crippen molar-refractivity contribution in [3.8, 4) is 0 Å². The molecule has 0 saturated carbocycles. The van der Waals surface area contributed by atoms with E-state index in [0.29, 0.717) is 0 Å². The third kappa shape index (κ3) is 2.68. The molecule has 0 aliphatic rings. The van der Waals surface area contributed by atoms with E-state index in [4.69, 9.17) is 5.84 Å². The molecule has 0 spiro atoms. The van der Waals surface area contributed by atoms with Crippen LogP contribution in [0.4, 0.5) is 0 Å². The fourth-order valence-electron chi connectivity index (χ4n) is 0.289. The van der Waals surface area contributed by atoms with Crippen molar-refractivity contribution in [2.24, 2.45) is 5.10 Å². The van der Waals surface area contributed by atoms with E-state index in [0.717, 1.165) is 0 Å². The molecule has 0 fully saturated rings. The van der Waals surface area contributed by atoms with Crippen LogP contribution in [-0.4, -0.2) is 25.1 Å². The van der Waals surface area contributed by atoms with Crippen molar-refractivity contribution in [3.63, 3.8) is 0 Å². The van der Waals surface area contributed by atoms with E-state index in [9.17, 15) is 0 Å². The lowest BCUT2D eigenvalue weighted by atomic mass is 10.9. The standard InChI is InChI=1S/C4H12N4/c1-4-7-8(3,5)6-2/h4H,1-3H3,(H2,5,6)/b7-4+. The van der Waals surface area contributed by atoms with E-state index < -0.39 is 0 Å². The second-order valence-electron chi connectivity index (χ2n) is 1.56. The predicted molar refractivity (Wildman–Crippen MR) is 33.7 cm³/mol. The Hall–Kier alpha value is -0.450. The number of nitrogens with one attached hydrogen (secondary N) is 2. The zero-order chi connectivity index (χ0) is 6.62. The van der Waals surface area contributed by atoms with Gasteiger partial charge in [-0.15, -0.1) is 0 Å². The van der Waals surface area contributed by atoms with Crippen LogP contribution in [0.5, 0.6) is 0 Å². The Morgan fingerprint density at radius 1 is 1.75 bits per heavy atom. The minimum Gasteiger partial charge on any atom is -0.418 e. The fourth-order valence-corrected chi connectivity index (χ4v) is 0.289. The lowest BCUT2D eigenvalue weighted by Crippen LogP contribution is -2.40. The Labute approximate surface area is 49.5 Å². The van der Waals surface area contributed by atoms with Crippen LogP contribution in [0.1, 0.15) is 6.92 Å². The van der Waals surface area contributed by atoms with Gasteiger partial charge in [0.05, 0.1) is 6.21 Å². The summed E-state index contributed by atoms with van der Waals surface area (Å²) in [6.45, 7) is 1.78. The predicted octanol–water partition coefficient (Wildman–Crippen LogP) is 0.540. The Morgan fingerprint density at radius 3 is 2.38 bits per heavy atom. The maximum absolute atomic E-state index is 7.20. The van der Waals surface area contributed by atoms with Gasteiger partial charge in [0.2, 0.25) is 0 Å². The normalized spacial score (nSPS) is 19.0. The molecule has 1 atom stereocenters. The molecule has 2 N–H and O–H groups in total. The number of hydrogen-bond donors (Lipinski definition) is 1. The van der Waals surface area contributed by atoms with Gasteiger partial charge in [0.25, 0.3) is 0 Å². The first-order valence-electron chi connectivity index (χ1n) is 2.43. The first kappa shape index (κ1) is 7.55. The summed E-state index contributed by atoms with van der Waals surface area (Å²) in [5.74, 6) is 7.20. The molecule has 4 nitrogen and oxygen atoms in total. The summed E-state index contributed by atoms with van der Waals surface area (Å²) in [5, 5.41) is 3.74. The van der Waals surface area contributed by atoms with E-state index in [-0.39, 0.29) is 4.81 Å². The summed E-state index contributed by atoms with van der Waals surface area (Å²) in [6, 6.07) is 0. The molecule has 0 aliphatic heterocycles. The molecule has 0 aromatic rings. The van der Waals surface area contributed by atoms with E-state index in [1.807, 2.05) is 0 Å². The van der Waals surface area contributed by atoms with Crippen LogP contribution >= 0.6 is 0 Å². The molecule has 0 aromatic heterocycles. The summed E-state index contributed by atoms with van der Waals surface area (Å²) in [4.78, 5) is -0.267. The van der Waals surface area contributed by atoms with Gasteiger partial charge in [-0.05, 0) is 6.92 Å². The van der Waals surface area contributed by atoms with E-state index in [1.54, 1.807) is 27.2 Å². The highest BCUT2D eigenvalue weighted by atomic mass is 15.9. The number of hydrogen-bond acceptors (Lipinski definition) is 2. The zero-order valence-electron chi connectivity index (χ0n) is 5.47. The fraction of sp³-hybridized carbons (Fsp3) is 0.750. The molecule has 0 aliphatic carbocycles. The molecular weight excluding hydrogens is 104 g/mol. The molecule has 0 rings (SSSR count). The third-order valence-electron chi connectivity index (χ3n) is 0.782. The SMILES string of the molecule is C/C=N/[N+](C)([NH-])NC. The molecule has 4 heteroatoms. The van der Waals surface area contributed by atoms with Crippen LogP contribution in [0.3, 0.4) is 0 Å². The molecule has 1 unspecified atom stereocenters. The molecule has 48 valence electrons. The van der Waals surface area contributed by atoms with Gasteiger partial charge < -0.3 is 5.84 Å². The van der Waals surface area contributed by atoms with Gasteiger partial charge in [0.1, 0.15) is 7.05 Å². The molecule has 0 saturated heterocycles. The Bertz CT molecular complexity index is 86.0. The van der Waals surface area contributed by atoms with Gasteiger partial charge in [0, 0.05) is 7.05 Å². The summed E-state index contributed by atoms with van der Waals surface area (Å²) in [5.41, 5.74) is 2.65. The maximum Gasteiger partial charge on any atom is 0.101 e. The molecule has 8 heavy (non-hydrogen) atoms.